The van der Waals surface area contributed by atoms with Crippen molar-refractivity contribution in [3.8, 4) is 11.1 Å². The molecular weight excluding hydrogens is 391 g/mol. The zero-order chi connectivity index (χ0) is 21.4. The highest BCUT2D eigenvalue weighted by molar-refractivity contribution is 5.82. The van der Waals surface area contributed by atoms with Crippen molar-refractivity contribution < 1.29 is 13.6 Å². The van der Waals surface area contributed by atoms with Crippen LogP contribution in [0.5, 0.6) is 0 Å². The summed E-state index contributed by atoms with van der Waals surface area (Å²) in [7, 11) is 0. The molecule has 0 spiro atoms. The standard InChI is InChI=1S/C26H23FN2O2/c1-17-5-2-3-6-21(17)19-10-13-24-22(16-19)28-26(31-24)23-7-4-14-29(23)25(30)15-18-8-11-20(27)12-9-18/h2-3,5-6,8-13,16,23H,4,7,14-15H2,1H3/t23-/m1/s1. The maximum atomic E-state index is 13.2. The number of benzene rings is 3. The molecule has 156 valence electrons. The van der Waals surface area contributed by atoms with Crippen LogP contribution in [0.4, 0.5) is 4.39 Å². The largest absolute Gasteiger partial charge is 0.438 e. The number of fused-ring (bicyclic) bond motifs is 1. The van der Waals surface area contributed by atoms with E-state index in [1.165, 1.54) is 23.3 Å². The summed E-state index contributed by atoms with van der Waals surface area (Å²) < 4.78 is 19.2. The molecular formula is C26H23FN2O2. The van der Waals surface area contributed by atoms with Crippen LogP contribution in [0.1, 0.15) is 35.9 Å². The number of rotatable bonds is 4. The van der Waals surface area contributed by atoms with Crippen molar-refractivity contribution in [2.75, 3.05) is 6.54 Å². The second kappa shape index (κ2) is 7.99. The summed E-state index contributed by atoms with van der Waals surface area (Å²) in [5.74, 6) is 0.297. The predicted molar refractivity (Wildman–Crippen MR) is 118 cm³/mol. The quantitative estimate of drug-likeness (QED) is 0.421. The van der Waals surface area contributed by atoms with E-state index < -0.39 is 0 Å². The van der Waals surface area contributed by atoms with Gasteiger partial charge < -0.3 is 9.32 Å². The van der Waals surface area contributed by atoms with Crippen LogP contribution in [0, 0.1) is 12.7 Å². The van der Waals surface area contributed by atoms with E-state index in [1.54, 1.807) is 12.1 Å². The Morgan fingerprint density at radius 3 is 2.74 bits per heavy atom. The zero-order valence-electron chi connectivity index (χ0n) is 17.3. The first-order valence-electron chi connectivity index (χ1n) is 10.6. The Kier molecular flexibility index (Phi) is 5.02. The summed E-state index contributed by atoms with van der Waals surface area (Å²) in [4.78, 5) is 19.5. The van der Waals surface area contributed by atoms with E-state index in [2.05, 4.69) is 19.1 Å². The second-order valence-electron chi connectivity index (χ2n) is 8.10. The number of hydrogen-bond acceptors (Lipinski definition) is 3. The number of likely N-dealkylation sites (tertiary alicyclic amines) is 1. The average Bonchev–Trinajstić information content (AvgIpc) is 3.42. The number of carbonyl (C=O) groups is 1. The minimum atomic E-state index is -0.299. The Morgan fingerprint density at radius 2 is 1.94 bits per heavy atom. The van der Waals surface area contributed by atoms with E-state index in [-0.39, 0.29) is 24.2 Å². The minimum Gasteiger partial charge on any atom is -0.438 e. The van der Waals surface area contributed by atoms with Gasteiger partial charge in [-0.15, -0.1) is 0 Å². The number of amides is 1. The van der Waals surface area contributed by atoms with E-state index in [0.29, 0.717) is 12.4 Å². The molecule has 0 unspecified atom stereocenters. The number of aromatic nitrogens is 1. The Bertz CT molecular complexity index is 1250. The first-order valence-corrected chi connectivity index (χ1v) is 10.6. The monoisotopic (exact) mass is 414 g/mol. The first kappa shape index (κ1) is 19.5. The molecule has 1 saturated heterocycles. The molecule has 0 saturated carbocycles. The fourth-order valence-corrected chi connectivity index (χ4v) is 4.35. The molecule has 0 N–H and O–H groups in total. The minimum absolute atomic E-state index is 0.0111. The summed E-state index contributed by atoms with van der Waals surface area (Å²) in [5, 5.41) is 0. The van der Waals surface area contributed by atoms with Crippen molar-refractivity contribution in [2.45, 2.75) is 32.2 Å². The van der Waals surface area contributed by atoms with Crippen molar-refractivity contribution in [1.82, 2.24) is 9.88 Å². The molecule has 5 heteroatoms. The molecule has 5 rings (SSSR count). The molecule has 3 aromatic carbocycles. The lowest BCUT2D eigenvalue weighted by Crippen LogP contribution is -2.32. The molecule has 1 aromatic heterocycles. The number of oxazole rings is 1. The molecule has 4 nitrogen and oxygen atoms in total. The third-order valence-corrected chi connectivity index (χ3v) is 5.99. The maximum absolute atomic E-state index is 13.2. The maximum Gasteiger partial charge on any atom is 0.227 e. The molecule has 1 aliphatic heterocycles. The molecule has 0 bridgehead atoms. The normalized spacial score (nSPS) is 16.2. The molecule has 4 aromatic rings. The number of nitrogens with zero attached hydrogens (tertiary/aromatic N) is 2. The Labute approximate surface area is 180 Å². The van der Waals surface area contributed by atoms with Crippen LogP contribution in [0.25, 0.3) is 22.2 Å². The Balaban J connectivity index is 1.40. The van der Waals surface area contributed by atoms with Gasteiger partial charge in [0.2, 0.25) is 11.8 Å². The van der Waals surface area contributed by atoms with Gasteiger partial charge in [0.05, 0.1) is 6.42 Å². The van der Waals surface area contributed by atoms with Crippen molar-refractivity contribution in [3.05, 3.63) is 89.6 Å². The van der Waals surface area contributed by atoms with Gasteiger partial charge in [-0.3, -0.25) is 4.79 Å². The van der Waals surface area contributed by atoms with E-state index in [9.17, 15) is 9.18 Å². The van der Waals surface area contributed by atoms with Gasteiger partial charge >= 0.3 is 0 Å². The molecule has 1 aliphatic rings. The van der Waals surface area contributed by atoms with Crippen molar-refractivity contribution >= 4 is 17.0 Å². The van der Waals surface area contributed by atoms with Crippen LogP contribution in [-0.2, 0) is 11.2 Å². The highest BCUT2D eigenvalue weighted by Gasteiger charge is 2.33. The van der Waals surface area contributed by atoms with Gasteiger partial charge in [-0.25, -0.2) is 9.37 Å². The third-order valence-electron chi connectivity index (χ3n) is 5.99. The number of carbonyl (C=O) groups excluding carboxylic acids is 1. The fourth-order valence-electron chi connectivity index (χ4n) is 4.35. The second-order valence-corrected chi connectivity index (χ2v) is 8.10. The number of hydrogen-bond donors (Lipinski definition) is 0. The highest BCUT2D eigenvalue weighted by Crippen LogP contribution is 2.35. The average molecular weight is 414 g/mol. The SMILES string of the molecule is Cc1ccccc1-c1ccc2oc([C@H]3CCCN3C(=O)Cc3ccc(F)cc3)nc2c1. The van der Waals surface area contributed by atoms with E-state index in [0.717, 1.165) is 35.1 Å². The predicted octanol–water partition coefficient (Wildman–Crippen LogP) is 5.85. The van der Waals surface area contributed by atoms with Crippen LogP contribution in [0.3, 0.4) is 0 Å². The van der Waals surface area contributed by atoms with Gasteiger partial charge in [-0.1, -0.05) is 42.5 Å². The Hall–Kier alpha value is -3.47. The van der Waals surface area contributed by atoms with E-state index in [1.807, 2.05) is 35.2 Å². The van der Waals surface area contributed by atoms with Crippen LogP contribution in [0.15, 0.2) is 71.1 Å². The first-order chi connectivity index (χ1) is 15.1. The number of aryl methyl sites for hydroxylation is 1. The van der Waals surface area contributed by atoms with Gasteiger partial charge in [0.1, 0.15) is 17.4 Å². The fraction of sp³-hybridized carbons (Fsp3) is 0.231. The van der Waals surface area contributed by atoms with Crippen LogP contribution < -0.4 is 0 Å². The van der Waals surface area contributed by atoms with Gasteiger partial charge in [0, 0.05) is 6.54 Å². The van der Waals surface area contributed by atoms with Crippen LogP contribution in [0.2, 0.25) is 0 Å². The molecule has 1 atom stereocenters. The smallest absolute Gasteiger partial charge is 0.227 e. The molecule has 0 radical (unpaired) electrons. The number of halogens is 1. The van der Waals surface area contributed by atoms with Crippen molar-refractivity contribution in [3.63, 3.8) is 0 Å². The summed E-state index contributed by atoms with van der Waals surface area (Å²) >= 11 is 0. The van der Waals surface area contributed by atoms with Crippen LogP contribution in [-0.4, -0.2) is 22.3 Å². The lowest BCUT2D eigenvalue weighted by atomic mass is 10.0. The summed E-state index contributed by atoms with van der Waals surface area (Å²) in [6.45, 7) is 2.77. The van der Waals surface area contributed by atoms with Crippen molar-refractivity contribution in [2.24, 2.45) is 0 Å². The summed E-state index contributed by atoms with van der Waals surface area (Å²) in [6, 6.07) is 20.2. The molecule has 2 heterocycles. The summed E-state index contributed by atoms with van der Waals surface area (Å²) in [5.41, 5.74) is 5.81. The zero-order valence-corrected chi connectivity index (χ0v) is 17.3. The third kappa shape index (κ3) is 3.83. The highest BCUT2D eigenvalue weighted by atomic mass is 19.1. The lowest BCUT2D eigenvalue weighted by Gasteiger charge is -2.22. The molecule has 31 heavy (non-hydrogen) atoms. The molecule has 0 aliphatic carbocycles. The Morgan fingerprint density at radius 1 is 1.13 bits per heavy atom. The van der Waals surface area contributed by atoms with Gasteiger partial charge in [0.25, 0.3) is 0 Å². The topological polar surface area (TPSA) is 46.3 Å². The lowest BCUT2D eigenvalue weighted by molar-refractivity contribution is -0.131. The van der Waals surface area contributed by atoms with Crippen LogP contribution >= 0.6 is 0 Å². The van der Waals surface area contributed by atoms with E-state index in [4.69, 9.17) is 9.40 Å². The van der Waals surface area contributed by atoms with Gasteiger partial charge in [-0.2, -0.15) is 0 Å². The van der Waals surface area contributed by atoms with Gasteiger partial charge in [0.15, 0.2) is 5.58 Å². The van der Waals surface area contributed by atoms with E-state index >= 15 is 0 Å². The summed E-state index contributed by atoms with van der Waals surface area (Å²) in [6.07, 6.45) is 1.98. The molecule has 1 amide bonds. The van der Waals surface area contributed by atoms with Crippen molar-refractivity contribution in [1.29, 1.82) is 0 Å². The molecule has 1 fully saturated rings. The van der Waals surface area contributed by atoms with Gasteiger partial charge in [-0.05, 0) is 66.3 Å².